The van der Waals surface area contributed by atoms with E-state index in [-0.39, 0.29) is 0 Å². The summed E-state index contributed by atoms with van der Waals surface area (Å²) in [5, 5.41) is 3.59. The maximum absolute atomic E-state index is 5.47. The predicted octanol–water partition coefficient (Wildman–Crippen LogP) is 4.22. The van der Waals surface area contributed by atoms with Crippen molar-refractivity contribution in [3.63, 3.8) is 0 Å². The summed E-state index contributed by atoms with van der Waals surface area (Å²) in [6.45, 7) is 5.09. The minimum atomic E-state index is 0.403. The lowest BCUT2D eigenvalue weighted by Gasteiger charge is -2.18. The fourth-order valence-corrected chi connectivity index (χ4v) is 2.16. The average Bonchev–Trinajstić information content (AvgIpc) is 2.81. The Balaban J connectivity index is 2.01. The molecule has 2 heteroatoms. The summed E-state index contributed by atoms with van der Waals surface area (Å²) in [6.07, 6.45) is 4.07. The van der Waals surface area contributed by atoms with Crippen LogP contribution in [0, 0.1) is 6.92 Å². The summed E-state index contributed by atoms with van der Waals surface area (Å²) < 4.78 is 5.47. The van der Waals surface area contributed by atoms with Crippen LogP contribution in [0.2, 0.25) is 0 Å². The molecule has 0 saturated carbocycles. The molecule has 1 N–H and O–H groups in total. The zero-order valence-electron chi connectivity index (χ0n) is 11.1. The Bertz CT molecular complexity index is 461. The number of rotatable bonds is 6. The van der Waals surface area contributed by atoms with Gasteiger partial charge in [0, 0.05) is 6.04 Å². The first-order valence-electron chi connectivity index (χ1n) is 6.62. The number of nitrogens with one attached hydrogen (secondary N) is 1. The van der Waals surface area contributed by atoms with Gasteiger partial charge in [-0.05, 0) is 30.5 Å². The Labute approximate surface area is 109 Å². The van der Waals surface area contributed by atoms with Crippen LogP contribution in [0.4, 0.5) is 0 Å². The largest absolute Gasteiger partial charge is 0.468 e. The third-order valence-corrected chi connectivity index (χ3v) is 3.26. The molecule has 1 aromatic carbocycles. The molecule has 2 rings (SSSR count). The highest BCUT2D eigenvalue weighted by Gasteiger charge is 2.11. The number of furan rings is 1. The fourth-order valence-electron chi connectivity index (χ4n) is 2.16. The van der Waals surface area contributed by atoms with Gasteiger partial charge in [-0.2, -0.15) is 0 Å². The van der Waals surface area contributed by atoms with Crippen molar-refractivity contribution >= 4 is 0 Å². The molecule has 0 spiro atoms. The third-order valence-electron chi connectivity index (χ3n) is 3.26. The lowest BCUT2D eigenvalue weighted by Crippen LogP contribution is -2.20. The highest BCUT2D eigenvalue weighted by Crippen LogP contribution is 2.19. The fraction of sp³-hybridized carbons (Fsp3) is 0.375. The van der Waals surface area contributed by atoms with Crippen molar-refractivity contribution in [3.05, 3.63) is 59.5 Å². The van der Waals surface area contributed by atoms with Crippen LogP contribution in [-0.2, 0) is 6.54 Å². The van der Waals surface area contributed by atoms with E-state index in [4.69, 9.17) is 4.42 Å². The van der Waals surface area contributed by atoms with Gasteiger partial charge < -0.3 is 9.73 Å². The van der Waals surface area contributed by atoms with Crippen molar-refractivity contribution in [3.8, 4) is 0 Å². The summed E-state index contributed by atoms with van der Waals surface area (Å²) in [5.41, 5.74) is 2.56. The summed E-state index contributed by atoms with van der Waals surface area (Å²) in [7, 11) is 0. The zero-order valence-corrected chi connectivity index (χ0v) is 11.1. The van der Waals surface area contributed by atoms with Crippen molar-refractivity contribution in [2.75, 3.05) is 0 Å². The van der Waals surface area contributed by atoms with E-state index in [2.05, 4.69) is 49.5 Å². The van der Waals surface area contributed by atoms with E-state index in [1.54, 1.807) is 6.26 Å². The van der Waals surface area contributed by atoms with E-state index in [0.29, 0.717) is 6.04 Å². The molecular formula is C16H21NO. The average molecular weight is 243 g/mol. The molecule has 18 heavy (non-hydrogen) atoms. The second-order valence-electron chi connectivity index (χ2n) is 4.66. The molecule has 0 aliphatic carbocycles. The number of hydrogen-bond donors (Lipinski definition) is 1. The molecule has 1 atom stereocenters. The molecule has 0 bridgehead atoms. The predicted molar refractivity (Wildman–Crippen MR) is 74.4 cm³/mol. The van der Waals surface area contributed by atoms with Crippen LogP contribution in [0.3, 0.4) is 0 Å². The molecule has 0 radical (unpaired) electrons. The molecule has 1 heterocycles. The molecular weight excluding hydrogens is 222 g/mol. The maximum atomic E-state index is 5.47. The van der Waals surface area contributed by atoms with E-state index in [1.807, 2.05) is 6.07 Å². The molecule has 0 aliphatic rings. The standard InChI is InChI=1S/C16H21NO/c1-3-7-15(14-8-5-4-6-9-14)17-12-16-13(2)10-11-18-16/h4-6,8-11,15,17H,3,7,12H2,1-2H3. The van der Waals surface area contributed by atoms with Crippen LogP contribution >= 0.6 is 0 Å². The number of aryl methyl sites for hydroxylation is 1. The molecule has 2 aromatic rings. The molecule has 96 valence electrons. The summed E-state index contributed by atoms with van der Waals surface area (Å²) in [4.78, 5) is 0. The Morgan fingerprint density at radius 2 is 1.94 bits per heavy atom. The van der Waals surface area contributed by atoms with Crippen LogP contribution in [0.1, 0.15) is 42.7 Å². The smallest absolute Gasteiger partial charge is 0.120 e. The highest BCUT2D eigenvalue weighted by molar-refractivity contribution is 5.20. The van der Waals surface area contributed by atoms with Crippen molar-refractivity contribution in [2.24, 2.45) is 0 Å². The quantitative estimate of drug-likeness (QED) is 0.821. The second kappa shape index (κ2) is 6.41. The van der Waals surface area contributed by atoms with Gasteiger partial charge in [-0.1, -0.05) is 43.7 Å². The van der Waals surface area contributed by atoms with Crippen molar-refractivity contribution in [2.45, 2.75) is 39.3 Å². The maximum Gasteiger partial charge on any atom is 0.120 e. The lowest BCUT2D eigenvalue weighted by molar-refractivity contribution is 0.432. The van der Waals surface area contributed by atoms with Crippen LogP contribution in [0.15, 0.2) is 47.1 Å². The second-order valence-corrected chi connectivity index (χ2v) is 4.66. The van der Waals surface area contributed by atoms with Gasteiger partial charge in [-0.25, -0.2) is 0 Å². The zero-order chi connectivity index (χ0) is 12.8. The summed E-state index contributed by atoms with van der Waals surface area (Å²) in [5.74, 6) is 1.03. The molecule has 2 nitrogen and oxygen atoms in total. The number of benzene rings is 1. The van der Waals surface area contributed by atoms with E-state index in [0.717, 1.165) is 18.7 Å². The SMILES string of the molecule is CCCC(NCc1occc1C)c1ccccc1. The van der Waals surface area contributed by atoms with Gasteiger partial charge in [0.05, 0.1) is 12.8 Å². The van der Waals surface area contributed by atoms with E-state index < -0.39 is 0 Å². The van der Waals surface area contributed by atoms with Gasteiger partial charge >= 0.3 is 0 Å². The molecule has 0 saturated heterocycles. The first-order chi connectivity index (χ1) is 8.81. The summed E-state index contributed by atoms with van der Waals surface area (Å²) in [6, 6.07) is 13.0. The van der Waals surface area contributed by atoms with E-state index >= 15 is 0 Å². The minimum Gasteiger partial charge on any atom is -0.468 e. The van der Waals surface area contributed by atoms with Gasteiger partial charge in [-0.3, -0.25) is 0 Å². The van der Waals surface area contributed by atoms with Crippen LogP contribution < -0.4 is 5.32 Å². The van der Waals surface area contributed by atoms with E-state index in [9.17, 15) is 0 Å². The van der Waals surface area contributed by atoms with Gasteiger partial charge in [0.15, 0.2) is 0 Å². The van der Waals surface area contributed by atoms with Gasteiger partial charge in [0.1, 0.15) is 5.76 Å². The van der Waals surface area contributed by atoms with Crippen molar-refractivity contribution in [1.29, 1.82) is 0 Å². The summed E-state index contributed by atoms with van der Waals surface area (Å²) >= 11 is 0. The van der Waals surface area contributed by atoms with E-state index in [1.165, 1.54) is 17.5 Å². The minimum absolute atomic E-state index is 0.403. The molecule has 0 fully saturated rings. The van der Waals surface area contributed by atoms with Crippen LogP contribution in [-0.4, -0.2) is 0 Å². The first-order valence-corrected chi connectivity index (χ1v) is 6.62. The Hall–Kier alpha value is -1.54. The highest BCUT2D eigenvalue weighted by atomic mass is 16.3. The van der Waals surface area contributed by atoms with Crippen LogP contribution in [0.5, 0.6) is 0 Å². The third kappa shape index (κ3) is 3.23. The van der Waals surface area contributed by atoms with Gasteiger partial charge in [-0.15, -0.1) is 0 Å². The monoisotopic (exact) mass is 243 g/mol. The molecule has 1 unspecified atom stereocenters. The Morgan fingerprint density at radius 1 is 1.17 bits per heavy atom. The number of hydrogen-bond acceptors (Lipinski definition) is 2. The van der Waals surface area contributed by atoms with Crippen molar-refractivity contribution < 1.29 is 4.42 Å². The van der Waals surface area contributed by atoms with Crippen LogP contribution in [0.25, 0.3) is 0 Å². The van der Waals surface area contributed by atoms with Gasteiger partial charge in [0.2, 0.25) is 0 Å². The van der Waals surface area contributed by atoms with Crippen molar-refractivity contribution in [1.82, 2.24) is 5.32 Å². The first kappa shape index (κ1) is 12.9. The Kier molecular flexibility index (Phi) is 4.59. The van der Waals surface area contributed by atoms with Gasteiger partial charge in [0.25, 0.3) is 0 Å². The molecule has 0 amide bonds. The Morgan fingerprint density at radius 3 is 2.56 bits per heavy atom. The lowest BCUT2D eigenvalue weighted by atomic mass is 10.0. The molecule has 0 aliphatic heterocycles. The topological polar surface area (TPSA) is 25.2 Å². The normalized spacial score (nSPS) is 12.6. The molecule has 1 aromatic heterocycles.